The van der Waals surface area contributed by atoms with Crippen LogP contribution < -0.4 is 14.8 Å². The molecule has 2 aromatic rings. The summed E-state index contributed by atoms with van der Waals surface area (Å²) in [7, 11) is -4.05. The van der Waals surface area contributed by atoms with Crippen LogP contribution in [-0.2, 0) is 16.6 Å². The van der Waals surface area contributed by atoms with E-state index in [0.29, 0.717) is 10.2 Å². The molecule has 0 saturated carbocycles. The molecular weight excluding hydrogens is 543 g/mol. The molecule has 0 saturated heterocycles. The molecule has 0 radical (unpaired) electrons. The van der Waals surface area contributed by atoms with Crippen molar-refractivity contribution in [3.8, 4) is 0 Å². The van der Waals surface area contributed by atoms with Gasteiger partial charge in [0.25, 0.3) is 15.9 Å². The van der Waals surface area contributed by atoms with E-state index in [1.165, 1.54) is 42.5 Å². The van der Waals surface area contributed by atoms with Crippen LogP contribution >= 0.6 is 39.7 Å². The summed E-state index contributed by atoms with van der Waals surface area (Å²) in [6.45, 7) is -0.0759. The summed E-state index contributed by atoms with van der Waals surface area (Å²) in [5.74, 6) is -1.06. The number of anilines is 1. The molecule has 32 heavy (non-hydrogen) atoms. The lowest BCUT2D eigenvalue weighted by Crippen LogP contribution is -2.26. The topological polar surface area (TPSA) is 90.5 Å². The van der Waals surface area contributed by atoms with Gasteiger partial charge in [-0.15, -0.1) is 0 Å². The molecule has 2 heterocycles. The average molecular weight is 558 g/mol. The van der Waals surface area contributed by atoms with Crippen LogP contribution in [0.15, 0.2) is 76.0 Å². The Balaban J connectivity index is 1.57. The second-order valence-electron chi connectivity index (χ2n) is 6.65. The van der Waals surface area contributed by atoms with Crippen LogP contribution in [0.5, 0.6) is 0 Å². The SMILES string of the molecule is O=C(NCc1ccc(Br)cc1F)c1ccc(Cl)cc1NS(=O)(=O)C1=CC=CN2SNC=C12. The smallest absolute Gasteiger partial charge is 0.264 e. The van der Waals surface area contributed by atoms with Gasteiger partial charge in [0.15, 0.2) is 0 Å². The standard InChI is InChI=1S/C20H15BrClFN4O3S2/c21-13-4-3-12(16(23)8-13)10-24-20(28)15-6-5-14(22)9-17(15)26-32(29,30)19-2-1-7-27-18(19)11-25-31-27/h1-9,11,25-26H,10H2,(H,24,28). The molecule has 0 aliphatic carbocycles. The van der Waals surface area contributed by atoms with E-state index < -0.39 is 21.7 Å². The molecule has 0 bridgehead atoms. The molecule has 2 aliphatic heterocycles. The monoisotopic (exact) mass is 556 g/mol. The summed E-state index contributed by atoms with van der Waals surface area (Å²) < 4.78 is 47.8. The van der Waals surface area contributed by atoms with Gasteiger partial charge in [0, 0.05) is 34.0 Å². The van der Waals surface area contributed by atoms with E-state index >= 15 is 0 Å². The molecule has 0 aromatic heterocycles. The van der Waals surface area contributed by atoms with E-state index in [-0.39, 0.29) is 33.3 Å². The van der Waals surface area contributed by atoms with Crippen molar-refractivity contribution in [3.05, 3.63) is 98.0 Å². The van der Waals surface area contributed by atoms with Crippen LogP contribution in [0.2, 0.25) is 5.02 Å². The number of fused-ring (bicyclic) bond motifs is 1. The first-order valence-electron chi connectivity index (χ1n) is 9.10. The van der Waals surface area contributed by atoms with Gasteiger partial charge in [0.1, 0.15) is 10.7 Å². The summed E-state index contributed by atoms with van der Waals surface area (Å²) in [4.78, 5) is 12.8. The van der Waals surface area contributed by atoms with E-state index in [9.17, 15) is 17.6 Å². The fourth-order valence-corrected chi connectivity index (χ4v) is 5.48. The van der Waals surface area contributed by atoms with Gasteiger partial charge in [0.05, 0.1) is 29.1 Å². The van der Waals surface area contributed by atoms with Crippen molar-refractivity contribution < 1.29 is 17.6 Å². The van der Waals surface area contributed by atoms with E-state index in [2.05, 4.69) is 30.7 Å². The van der Waals surface area contributed by atoms with E-state index in [4.69, 9.17) is 11.6 Å². The second kappa shape index (κ2) is 9.18. The zero-order valence-electron chi connectivity index (χ0n) is 16.1. The van der Waals surface area contributed by atoms with Gasteiger partial charge in [0.2, 0.25) is 0 Å². The Hall–Kier alpha value is -2.47. The predicted octanol–water partition coefficient (Wildman–Crippen LogP) is 4.63. The van der Waals surface area contributed by atoms with Crippen LogP contribution in [0.4, 0.5) is 10.1 Å². The van der Waals surface area contributed by atoms with Gasteiger partial charge >= 0.3 is 0 Å². The highest BCUT2D eigenvalue weighted by Crippen LogP contribution is 2.34. The van der Waals surface area contributed by atoms with E-state index in [1.807, 2.05) is 0 Å². The van der Waals surface area contributed by atoms with Crippen molar-refractivity contribution in [2.75, 3.05) is 4.72 Å². The normalized spacial score (nSPS) is 14.9. The number of nitrogens with one attached hydrogen (secondary N) is 3. The zero-order chi connectivity index (χ0) is 22.9. The molecule has 3 N–H and O–H groups in total. The number of benzene rings is 2. The van der Waals surface area contributed by atoms with Crippen molar-refractivity contribution >= 4 is 61.3 Å². The maximum Gasteiger partial charge on any atom is 0.264 e. The molecule has 7 nitrogen and oxygen atoms in total. The maximum atomic E-state index is 14.1. The van der Waals surface area contributed by atoms with Crippen molar-refractivity contribution in [3.63, 3.8) is 0 Å². The van der Waals surface area contributed by atoms with E-state index in [1.54, 1.807) is 34.9 Å². The third-order valence-electron chi connectivity index (χ3n) is 4.52. The molecule has 1 amide bonds. The number of halogens is 3. The Labute approximate surface area is 201 Å². The van der Waals surface area contributed by atoms with Gasteiger partial charge in [-0.1, -0.05) is 33.6 Å². The number of carbonyl (C=O) groups is 1. The van der Waals surface area contributed by atoms with Crippen LogP contribution in [0.3, 0.4) is 0 Å². The number of allylic oxidation sites excluding steroid dienone is 2. The second-order valence-corrected chi connectivity index (χ2v) is 10.5. The van der Waals surface area contributed by atoms with Gasteiger partial charge in [-0.3, -0.25) is 13.8 Å². The molecule has 0 atom stereocenters. The maximum absolute atomic E-state index is 14.1. The average Bonchev–Trinajstić information content (AvgIpc) is 3.21. The van der Waals surface area contributed by atoms with Gasteiger partial charge in [-0.05, 0) is 42.5 Å². The number of hydrogen-bond acceptors (Lipinski definition) is 6. The van der Waals surface area contributed by atoms with Crippen molar-refractivity contribution in [1.29, 1.82) is 0 Å². The molecule has 166 valence electrons. The highest BCUT2D eigenvalue weighted by Gasteiger charge is 2.30. The minimum Gasteiger partial charge on any atom is -0.348 e. The molecule has 2 aromatic carbocycles. The van der Waals surface area contributed by atoms with Crippen LogP contribution in [0, 0.1) is 5.82 Å². The number of amides is 1. The summed E-state index contributed by atoms with van der Waals surface area (Å²) in [5.41, 5.74) is 0.790. The summed E-state index contributed by atoms with van der Waals surface area (Å²) in [6, 6.07) is 8.72. The van der Waals surface area contributed by atoms with E-state index in [0.717, 1.165) is 0 Å². The van der Waals surface area contributed by atoms with Crippen molar-refractivity contribution in [1.82, 2.24) is 14.3 Å². The minimum atomic E-state index is -4.05. The molecule has 12 heteroatoms. The molecule has 0 fully saturated rings. The molecule has 0 spiro atoms. The largest absolute Gasteiger partial charge is 0.348 e. The lowest BCUT2D eigenvalue weighted by molar-refractivity contribution is 0.0951. The van der Waals surface area contributed by atoms with Crippen LogP contribution in [0.1, 0.15) is 15.9 Å². The molecular formula is C20H15BrClFN4O3S2. The van der Waals surface area contributed by atoms with Crippen molar-refractivity contribution in [2.24, 2.45) is 0 Å². The first kappa shape index (κ1) is 22.7. The number of rotatable bonds is 6. The van der Waals surface area contributed by atoms with Crippen LogP contribution in [-0.4, -0.2) is 18.6 Å². The quantitative estimate of drug-likeness (QED) is 0.449. The predicted molar refractivity (Wildman–Crippen MR) is 127 cm³/mol. The summed E-state index contributed by atoms with van der Waals surface area (Å²) >= 11 is 10.5. The van der Waals surface area contributed by atoms with Gasteiger partial charge in [-0.2, -0.15) is 0 Å². The van der Waals surface area contributed by atoms with Crippen LogP contribution in [0.25, 0.3) is 0 Å². The first-order chi connectivity index (χ1) is 15.2. The number of carbonyl (C=O) groups excluding carboxylic acids is 1. The Bertz CT molecular complexity index is 1300. The summed E-state index contributed by atoms with van der Waals surface area (Å²) in [5, 5.41) is 2.85. The fourth-order valence-electron chi connectivity index (χ4n) is 3.00. The van der Waals surface area contributed by atoms with Gasteiger partial charge < -0.3 is 10.0 Å². The van der Waals surface area contributed by atoms with Gasteiger partial charge in [-0.25, -0.2) is 12.8 Å². The third kappa shape index (κ3) is 4.80. The summed E-state index contributed by atoms with van der Waals surface area (Å²) in [6.07, 6.45) is 6.34. The highest BCUT2D eigenvalue weighted by molar-refractivity contribution is 9.10. The first-order valence-corrected chi connectivity index (χ1v) is 12.5. The fraction of sp³-hybridized carbons (Fsp3) is 0.0500. The number of hydrogen-bond donors (Lipinski definition) is 3. The lowest BCUT2D eigenvalue weighted by Gasteiger charge is -2.21. The Morgan fingerprint density at radius 3 is 2.84 bits per heavy atom. The number of nitrogens with zero attached hydrogens (tertiary/aromatic N) is 1. The van der Waals surface area contributed by atoms with Crippen molar-refractivity contribution in [2.45, 2.75) is 6.54 Å². The Morgan fingerprint density at radius 1 is 1.25 bits per heavy atom. The number of sulfonamides is 1. The molecule has 0 unspecified atom stereocenters. The lowest BCUT2D eigenvalue weighted by atomic mass is 10.1. The molecule has 2 aliphatic rings. The Kier molecular flexibility index (Phi) is 6.52. The Morgan fingerprint density at radius 2 is 2.06 bits per heavy atom. The third-order valence-corrected chi connectivity index (χ3v) is 7.40. The highest BCUT2D eigenvalue weighted by atomic mass is 79.9. The minimum absolute atomic E-state index is 0.00694. The molecule has 4 rings (SSSR count). The zero-order valence-corrected chi connectivity index (χ0v) is 20.1.